The smallest absolute Gasteiger partial charge is 0.177 e. The number of aromatic nitrogens is 3. The third kappa shape index (κ3) is 1.50. The molecule has 2 rings (SSSR count). The van der Waals surface area contributed by atoms with Crippen molar-refractivity contribution < 1.29 is 0 Å². The Bertz CT molecular complexity index is 443. The summed E-state index contributed by atoms with van der Waals surface area (Å²) in [6.45, 7) is 6.37. The minimum absolute atomic E-state index is 0.425. The number of hydrogen-bond acceptors (Lipinski definition) is 2. The maximum atomic E-state index is 4.42. The lowest BCUT2D eigenvalue weighted by molar-refractivity contribution is 0.798. The Morgan fingerprint density at radius 2 is 2.21 bits per heavy atom. The molecular formula is C11H15N3. The topological polar surface area (TPSA) is 41.6 Å². The molecule has 0 spiro atoms. The van der Waals surface area contributed by atoms with E-state index in [0.717, 1.165) is 23.4 Å². The number of hydrogen-bond donors (Lipinski definition) is 1. The van der Waals surface area contributed by atoms with Crippen LogP contribution in [0.15, 0.2) is 12.3 Å². The molecule has 0 atom stereocenters. The second-order valence-corrected chi connectivity index (χ2v) is 3.85. The van der Waals surface area contributed by atoms with Crippen LogP contribution in [0.25, 0.3) is 11.2 Å². The molecule has 0 saturated carbocycles. The Morgan fingerprint density at radius 1 is 1.43 bits per heavy atom. The average Bonchev–Trinajstić information content (AvgIpc) is 2.59. The van der Waals surface area contributed by atoms with Crippen LogP contribution in [-0.2, 0) is 6.42 Å². The minimum atomic E-state index is 0.425. The van der Waals surface area contributed by atoms with E-state index in [9.17, 15) is 0 Å². The fraction of sp³-hybridized carbons (Fsp3) is 0.455. The van der Waals surface area contributed by atoms with Crippen LogP contribution in [0, 0.1) is 0 Å². The first-order chi connectivity index (χ1) is 6.70. The quantitative estimate of drug-likeness (QED) is 0.789. The van der Waals surface area contributed by atoms with Crippen LogP contribution in [0.5, 0.6) is 0 Å². The lowest BCUT2D eigenvalue weighted by atomic mass is 10.2. The molecule has 0 radical (unpaired) electrons. The van der Waals surface area contributed by atoms with Gasteiger partial charge in [0.25, 0.3) is 0 Å². The molecule has 0 aliphatic heterocycles. The first kappa shape index (κ1) is 9.19. The van der Waals surface area contributed by atoms with Crippen LogP contribution in [0.2, 0.25) is 0 Å². The zero-order valence-electron chi connectivity index (χ0n) is 8.83. The van der Waals surface area contributed by atoms with Crippen LogP contribution in [-0.4, -0.2) is 15.0 Å². The highest BCUT2D eigenvalue weighted by molar-refractivity contribution is 5.71. The van der Waals surface area contributed by atoms with E-state index < -0.39 is 0 Å². The van der Waals surface area contributed by atoms with E-state index in [2.05, 4.69) is 41.8 Å². The van der Waals surface area contributed by atoms with Crippen molar-refractivity contribution >= 4 is 11.2 Å². The van der Waals surface area contributed by atoms with Gasteiger partial charge in [-0.25, -0.2) is 9.97 Å². The van der Waals surface area contributed by atoms with Crippen LogP contribution in [0.3, 0.4) is 0 Å². The third-order valence-electron chi connectivity index (χ3n) is 2.37. The van der Waals surface area contributed by atoms with Gasteiger partial charge in [-0.15, -0.1) is 0 Å². The highest BCUT2D eigenvalue weighted by atomic mass is 15.0. The molecule has 0 aliphatic carbocycles. The van der Waals surface area contributed by atoms with E-state index in [1.807, 2.05) is 6.20 Å². The molecule has 2 aromatic heterocycles. The van der Waals surface area contributed by atoms with Crippen molar-refractivity contribution in [1.29, 1.82) is 0 Å². The van der Waals surface area contributed by atoms with Gasteiger partial charge in [-0.1, -0.05) is 20.8 Å². The standard InChI is InChI=1S/C11H15N3/c1-4-8-5-9-11(12-6-8)14-10(13-9)7(2)3/h5-7H,4H2,1-3H3,(H,12,13,14). The van der Waals surface area contributed by atoms with Crippen molar-refractivity contribution in [3.05, 3.63) is 23.7 Å². The van der Waals surface area contributed by atoms with Crippen LogP contribution < -0.4 is 0 Å². The number of H-pyrrole nitrogens is 1. The zero-order chi connectivity index (χ0) is 10.1. The minimum Gasteiger partial charge on any atom is -0.340 e. The first-order valence-corrected chi connectivity index (χ1v) is 5.05. The SMILES string of the molecule is CCc1cnc2nc(C(C)C)[nH]c2c1. The fourth-order valence-electron chi connectivity index (χ4n) is 1.43. The second-order valence-electron chi connectivity index (χ2n) is 3.85. The Balaban J connectivity index is 2.54. The maximum Gasteiger partial charge on any atom is 0.177 e. The summed E-state index contributed by atoms with van der Waals surface area (Å²) in [7, 11) is 0. The van der Waals surface area contributed by atoms with Gasteiger partial charge in [-0.2, -0.15) is 0 Å². The Morgan fingerprint density at radius 3 is 2.86 bits per heavy atom. The van der Waals surface area contributed by atoms with Gasteiger partial charge in [0, 0.05) is 12.1 Å². The largest absolute Gasteiger partial charge is 0.340 e. The monoisotopic (exact) mass is 189 g/mol. The first-order valence-electron chi connectivity index (χ1n) is 5.05. The predicted octanol–water partition coefficient (Wildman–Crippen LogP) is 2.64. The van der Waals surface area contributed by atoms with E-state index in [1.54, 1.807) is 0 Å². The molecule has 74 valence electrons. The molecular weight excluding hydrogens is 174 g/mol. The lowest BCUT2D eigenvalue weighted by Gasteiger charge is -1.95. The van der Waals surface area contributed by atoms with Gasteiger partial charge in [0.05, 0.1) is 5.52 Å². The number of aromatic amines is 1. The van der Waals surface area contributed by atoms with Crippen molar-refractivity contribution in [2.24, 2.45) is 0 Å². The zero-order valence-corrected chi connectivity index (χ0v) is 8.83. The third-order valence-corrected chi connectivity index (χ3v) is 2.37. The van der Waals surface area contributed by atoms with Crippen molar-refractivity contribution in [3.63, 3.8) is 0 Å². The Kier molecular flexibility index (Phi) is 2.23. The summed E-state index contributed by atoms with van der Waals surface area (Å²) in [6.07, 6.45) is 2.91. The van der Waals surface area contributed by atoms with E-state index in [0.29, 0.717) is 5.92 Å². The molecule has 2 heterocycles. The van der Waals surface area contributed by atoms with Gasteiger partial charge in [-0.05, 0) is 18.1 Å². The Labute approximate surface area is 83.6 Å². The van der Waals surface area contributed by atoms with Gasteiger partial charge < -0.3 is 4.98 Å². The fourth-order valence-corrected chi connectivity index (χ4v) is 1.43. The van der Waals surface area contributed by atoms with Crippen molar-refractivity contribution in [2.75, 3.05) is 0 Å². The van der Waals surface area contributed by atoms with Crippen LogP contribution in [0.1, 0.15) is 38.1 Å². The molecule has 0 fully saturated rings. The number of nitrogens with zero attached hydrogens (tertiary/aromatic N) is 2. The molecule has 3 nitrogen and oxygen atoms in total. The molecule has 0 aliphatic rings. The molecule has 0 saturated heterocycles. The summed E-state index contributed by atoms with van der Waals surface area (Å²) in [5.74, 6) is 1.44. The highest BCUT2D eigenvalue weighted by Gasteiger charge is 2.06. The Hall–Kier alpha value is -1.38. The number of imidazole rings is 1. The van der Waals surface area contributed by atoms with Crippen LogP contribution >= 0.6 is 0 Å². The molecule has 0 unspecified atom stereocenters. The van der Waals surface area contributed by atoms with E-state index in [1.165, 1.54) is 5.56 Å². The van der Waals surface area contributed by atoms with Gasteiger partial charge in [0.1, 0.15) is 5.82 Å². The number of aryl methyl sites for hydroxylation is 1. The van der Waals surface area contributed by atoms with Gasteiger partial charge in [0.2, 0.25) is 0 Å². The van der Waals surface area contributed by atoms with Crippen molar-refractivity contribution in [1.82, 2.24) is 15.0 Å². The maximum absolute atomic E-state index is 4.42. The van der Waals surface area contributed by atoms with Crippen molar-refractivity contribution in [3.8, 4) is 0 Å². The predicted molar refractivity (Wildman–Crippen MR) is 57.4 cm³/mol. The molecule has 0 aromatic carbocycles. The van der Waals surface area contributed by atoms with Gasteiger partial charge >= 0.3 is 0 Å². The van der Waals surface area contributed by atoms with Crippen molar-refractivity contribution in [2.45, 2.75) is 33.1 Å². The second kappa shape index (κ2) is 3.40. The molecule has 1 N–H and O–H groups in total. The van der Waals surface area contributed by atoms with E-state index >= 15 is 0 Å². The van der Waals surface area contributed by atoms with Gasteiger partial charge in [0.15, 0.2) is 5.65 Å². The summed E-state index contributed by atoms with van der Waals surface area (Å²) < 4.78 is 0. The number of pyridine rings is 1. The summed E-state index contributed by atoms with van der Waals surface area (Å²) in [5, 5.41) is 0. The van der Waals surface area contributed by atoms with Gasteiger partial charge in [-0.3, -0.25) is 0 Å². The normalized spacial score (nSPS) is 11.4. The number of fused-ring (bicyclic) bond motifs is 1. The highest BCUT2D eigenvalue weighted by Crippen LogP contribution is 2.16. The molecule has 14 heavy (non-hydrogen) atoms. The molecule has 2 aromatic rings. The number of nitrogens with one attached hydrogen (secondary N) is 1. The van der Waals surface area contributed by atoms with Crippen LogP contribution in [0.4, 0.5) is 0 Å². The summed E-state index contributed by atoms with van der Waals surface area (Å²) >= 11 is 0. The lowest BCUT2D eigenvalue weighted by Crippen LogP contribution is -1.88. The number of rotatable bonds is 2. The summed E-state index contributed by atoms with van der Waals surface area (Å²) in [5.41, 5.74) is 3.12. The van der Waals surface area contributed by atoms with E-state index in [4.69, 9.17) is 0 Å². The summed E-state index contributed by atoms with van der Waals surface area (Å²) in [4.78, 5) is 12.0. The van der Waals surface area contributed by atoms with E-state index in [-0.39, 0.29) is 0 Å². The molecule has 0 bridgehead atoms. The average molecular weight is 189 g/mol. The molecule has 0 amide bonds. The molecule has 3 heteroatoms. The summed E-state index contributed by atoms with van der Waals surface area (Å²) in [6, 6.07) is 2.13.